The summed E-state index contributed by atoms with van der Waals surface area (Å²) >= 11 is 0. The Bertz CT molecular complexity index is 1180. The third-order valence-corrected chi connectivity index (χ3v) is 6.37. The number of piperazine rings is 1. The molecule has 0 aliphatic carbocycles. The second kappa shape index (κ2) is 12.9. The lowest BCUT2D eigenvalue weighted by Gasteiger charge is -2.32. The molecule has 1 aromatic heterocycles. The normalized spacial score (nSPS) is 14.3. The van der Waals surface area contributed by atoms with E-state index in [2.05, 4.69) is 28.5 Å². The van der Waals surface area contributed by atoms with Crippen molar-refractivity contribution in [3.63, 3.8) is 0 Å². The number of benzene rings is 1. The van der Waals surface area contributed by atoms with E-state index >= 15 is 0 Å². The summed E-state index contributed by atoms with van der Waals surface area (Å²) in [5, 5.41) is 7.47. The highest BCUT2D eigenvalue weighted by atomic mass is 16.5. The predicted octanol–water partition coefficient (Wildman–Crippen LogP) is 2.99. The highest BCUT2D eigenvalue weighted by Crippen LogP contribution is 2.31. The zero-order valence-electron chi connectivity index (χ0n) is 22.2. The molecular weight excluding hydrogens is 470 g/mol. The highest BCUT2D eigenvalue weighted by Gasteiger charge is 2.22. The fourth-order valence-electron chi connectivity index (χ4n) is 4.15. The summed E-state index contributed by atoms with van der Waals surface area (Å²) in [6.07, 6.45) is 4.56. The van der Waals surface area contributed by atoms with E-state index in [0.717, 1.165) is 30.0 Å². The molecule has 2 heterocycles. The smallest absolute Gasteiger partial charge is 0.271 e. The number of amides is 2. The van der Waals surface area contributed by atoms with Gasteiger partial charge >= 0.3 is 0 Å². The number of carbonyl (C=O) groups is 2. The van der Waals surface area contributed by atoms with Crippen LogP contribution in [0, 0.1) is 0 Å². The SMILES string of the molecule is C=C/C=C(/c1ccc(OC)c(OC)c1)n1nc(C(=O)NCCC(=C)C(=O)N2CCN(C)CC2)cc1CC. The van der Waals surface area contributed by atoms with E-state index in [1.54, 1.807) is 31.0 Å². The lowest BCUT2D eigenvalue weighted by molar-refractivity contribution is -0.128. The molecule has 0 spiro atoms. The van der Waals surface area contributed by atoms with Gasteiger partial charge < -0.3 is 24.6 Å². The number of nitrogens with one attached hydrogen (secondary N) is 1. The summed E-state index contributed by atoms with van der Waals surface area (Å²) in [6.45, 7) is 13.2. The van der Waals surface area contributed by atoms with Gasteiger partial charge in [-0.05, 0) is 50.2 Å². The minimum absolute atomic E-state index is 0.0472. The van der Waals surface area contributed by atoms with Crippen molar-refractivity contribution >= 4 is 17.5 Å². The number of hydrogen-bond acceptors (Lipinski definition) is 6. The molecule has 9 nitrogen and oxygen atoms in total. The van der Waals surface area contributed by atoms with E-state index in [1.165, 1.54) is 0 Å². The molecule has 0 atom stereocenters. The van der Waals surface area contributed by atoms with Gasteiger partial charge in [0, 0.05) is 49.6 Å². The lowest BCUT2D eigenvalue weighted by atomic mass is 10.1. The molecule has 37 heavy (non-hydrogen) atoms. The van der Waals surface area contributed by atoms with Crippen molar-refractivity contribution in [3.05, 3.63) is 72.1 Å². The van der Waals surface area contributed by atoms with Crippen molar-refractivity contribution in [1.29, 1.82) is 0 Å². The van der Waals surface area contributed by atoms with Gasteiger partial charge in [0.2, 0.25) is 5.91 Å². The van der Waals surface area contributed by atoms with Crippen LogP contribution in [0.2, 0.25) is 0 Å². The zero-order chi connectivity index (χ0) is 26.9. The number of likely N-dealkylation sites (N-methyl/N-ethyl adjacent to an activating group) is 1. The number of carbonyl (C=O) groups excluding carboxylic acids is 2. The maximum atomic E-state index is 12.9. The summed E-state index contributed by atoms with van der Waals surface area (Å²) in [7, 11) is 5.21. The molecule has 1 saturated heterocycles. The number of aromatic nitrogens is 2. The van der Waals surface area contributed by atoms with Crippen molar-refractivity contribution in [3.8, 4) is 11.5 Å². The van der Waals surface area contributed by atoms with Crippen molar-refractivity contribution < 1.29 is 19.1 Å². The van der Waals surface area contributed by atoms with E-state index in [0.29, 0.717) is 55.2 Å². The maximum absolute atomic E-state index is 12.9. The first-order chi connectivity index (χ1) is 17.8. The molecule has 1 aliphatic heterocycles. The number of nitrogens with zero attached hydrogens (tertiary/aromatic N) is 4. The van der Waals surface area contributed by atoms with Crippen LogP contribution in [0.3, 0.4) is 0 Å². The van der Waals surface area contributed by atoms with Crippen molar-refractivity contribution in [2.75, 3.05) is 54.0 Å². The number of hydrogen-bond donors (Lipinski definition) is 1. The Morgan fingerprint density at radius 3 is 2.43 bits per heavy atom. The van der Waals surface area contributed by atoms with Gasteiger partial charge in [0.15, 0.2) is 17.2 Å². The molecule has 0 radical (unpaired) electrons. The Morgan fingerprint density at radius 1 is 1.11 bits per heavy atom. The van der Waals surface area contributed by atoms with Crippen LogP contribution < -0.4 is 14.8 Å². The molecule has 1 fully saturated rings. The van der Waals surface area contributed by atoms with E-state index < -0.39 is 0 Å². The Labute approximate surface area is 219 Å². The molecule has 0 unspecified atom stereocenters. The van der Waals surface area contributed by atoms with Gasteiger partial charge in [0.1, 0.15) is 0 Å². The Morgan fingerprint density at radius 2 is 1.81 bits per heavy atom. The third kappa shape index (κ3) is 6.68. The largest absolute Gasteiger partial charge is 0.493 e. The van der Waals surface area contributed by atoms with Gasteiger partial charge in [-0.15, -0.1) is 0 Å². The second-order valence-electron chi connectivity index (χ2n) is 8.85. The molecule has 198 valence electrons. The molecule has 3 rings (SSSR count). The van der Waals surface area contributed by atoms with E-state index in [1.807, 2.05) is 43.1 Å². The fourth-order valence-corrected chi connectivity index (χ4v) is 4.15. The average molecular weight is 508 g/mol. The molecule has 1 aromatic carbocycles. The maximum Gasteiger partial charge on any atom is 0.271 e. The van der Waals surface area contributed by atoms with E-state index in [9.17, 15) is 9.59 Å². The number of methoxy groups -OCH3 is 2. The van der Waals surface area contributed by atoms with Gasteiger partial charge in [-0.25, -0.2) is 4.68 Å². The van der Waals surface area contributed by atoms with E-state index in [-0.39, 0.29) is 11.8 Å². The van der Waals surface area contributed by atoms with Crippen LogP contribution in [0.5, 0.6) is 11.5 Å². The first kappa shape index (κ1) is 27.7. The van der Waals surface area contributed by atoms with Crippen LogP contribution in [-0.4, -0.2) is 85.4 Å². The third-order valence-electron chi connectivity index (χ3n) is 6.37. The van der Waals surface area contributed by atoms with Gasteiger partial charge in [-0.2, -0.15) is 5.10 Å². The standard InChI is InChI=1S/C28H37N5O4/c1-7-9-24(21-10-11-25(36-5)26(18-21)37-6)33-22(8-2)19-23(30-33)27(34)29-13-12-20(3)28(35)32-16-14-31(4)15-17-32/h7,9-11,18-19H,1,3,8,12-17H2,2,4-6H3,(H,29,34)/b24-9-. The number of ether oxygens (including phenoxy) is 2. The van der Waals surface area contributed by atoms with Crippen molar-refractivity contribution in [1.82, 2.24) is 24.9 Å². The second-order valence-corrected chi connectivity index (χ2v) is 8.85. The van der Waals surface area contributed by atoms with Crippen LogP contribution in [0.1, 0.15) is 35.1 Å². The van der Waals surface area contributed by atoms with Gasteiger partial charge in [-0.3, -0.25) is 9.59 Å². The van der Waals surface area contributed by atoms with Crippen LogP contribution in [0.15, 0.2) is 55.1 Å². The van der Waals surface area contributed by atoms with Crippen molar-refractivity contribution in [2.24, 2.45) is 0 Å². The van der Waals surface area contributed by atoms with Crippen LogP contribution in [-0.2, 0) is 11.2 Å². The summed E-state index contributed by atoms with van der Waals surface area (Å²) in [6, 6.07) is 7.36. The molecule has 9 heteroatoms. The molecule has 0 saturated carbocycles. The minimum atomic E-state index is -0.307. The summed E-state index contributed by atoms with van der Waals surface area (Å²) < 4.78 is 12.6. The fraction of sp³-hybridized carbons (Fsp3) is 0.393. The van der Waals surface area contributed by atoms with Crippen LogP contribution in [0.25, 0.3) is 5.70 Å². The lowest BCUT2D eigenvalue weighted by Crippen LogP contribution is -2.47. The quantitative estimate of drug-likeness (QED) is 0.372. The molecule has 1 N–H and O–H groups in total. The average Bonchev–Trinajstić information content (AvgIpc) is 3.35. The van der Waals surface area contributed by atoms with Crippen molar-refractivity contribution in [2.45, 2.75) is 19.8 Å². The first-order valence-corrected chi connectivity index (χ1v) is 12.4. The van der Waals surface area contributed by atoms with Crippen LogP contribution in [0.4, 0.5) is 0 Å². The van der Waals surface area contributed by atoms with E-state index in [4.69, 9.17) is 9.47 Å². The minimum Gasteiger partial charge on any atom is -0.493 e. The molecule has 0 bridgehead atoms. The zero-order valence-corrected chi connectivity index (χ0v) is 22.2. The number of allylic oxidation sites excluding steroid dienone is 2. The molecule has 2 amide bonds. The Kier molecular flexibility index (Phi) is 9.68. The van der Waals surface area contributed by atoms with Gasteiger partial charge in [0.25, 0.3) is 5.91 Å². The molecular formula is C28H37N5O4. The first-order valence-electron chi connectivity index (χ1n) is 12.4. The predicted molar refractivity (Wildman–Crippen MR) is 145 cm³/mol. The highest BCUT2D eigenvalue weighted by molar-refractivity contribution is 5.94. The topological polar surface area (TPSA) is 88.9 Å². The summed E-state index contributed by atoms with van der Waals surface area (Å²) in [5.41, 5.74) is 3.24. The Balaban J connectivity index is 1.70. The number of aryl methyl sites for hydroxylation is 1. The summed E-state index contributed by atoms with van der Waals surface area (Å²) in [4.78, 5) is 29.6. The Hall–Kier alpha value is -3.85. The summed E-state index contributed by atoms with van der Waals surface area (Å²) in [5.74, 6) is 0.852. The monoisotopic (exact) mass is 507 g/mol. The molecule has 2 aromatic rings. The molecule has 1 aliphatic rings. The van der Waals surface area contributed by atoms with Gasteiger partial charge in [0.05, 0.1) is 19.9 Å². The van der Waals surface area contributed by atoms with Gasteiger partial charge in [-0.1, -0.05) is 26.2 Å². The van der Waals surface area contributed by atoms with Crippen LogP contribution >= 0.6 is 0 Å². The number of rotatable bonds is 11.